The van der Waals surface area contributed by atoms with Crippen LogP contribution in [0.15, 0.2) is 60.7 Å². The Morgan fingerprint density at radius 1 is 0.610 bits per heavy atom. The second kappa shape index (κ2) is 13.3. The van der Waals surface area contributed by atoms with E-state index < -0.39 is 5.97 Å². The maximum Gasteiger partial charge on any atom is 0.336 e. The van der Waals surface area contributed by atoms with Crippen LogP contribution in [0.4, 0.5) is 0 Å². The number of carbonyl (C=O) groups excluding carboxylic acids is 1. The number of carboxylic acid groups (broad SMARTS) is 1. The van der Waals surface area contributed by atoms with Crippen LogP contribution in [0.1, 0.15) is 112 Å². The average molecular weight is 550 g/mol. The summed E-state index contributed by atoms with van der Waals surface area (Å²) >= 11 is 0. The summed E-state index contributed by atoms with van der Waals surface area (Å²) in [5, 5.41) is 21.5. The summed E-state index contributed by atoms with van der Waals surface area (Å²) in [5.41, 5.74) is 0.634. The summed E-state index contributed by atoms with van der Waals surface area (Å²) in [7, 11) is 0. The predicted molar refractivity (Wildman–Crippen MR) is 173 cm³/mol. The fourth-order valence-electron chi connectivity index (χ4n) is 6.64. The van der Waals surface area contributed by atoms with Crippen LogP contribution in [-0.2, 0) is 0 Å². The first kappa shape index (κ1) is 28.9. The van der Waals surface area contributed by atoms with E-state index in [4.69, 9.17) is 0 Å². The van der Waals surface area contributed by atoms with Gasteiger partial charge in [-0.3, -0.25) is 4.79 Å². The Hall–Kier alpha value is -3.66. The van der Waals surface area contributed by atoms with E-state index in [1.165, 1.54) is 56.8 Å². The Labute approximate surface area is 243 Å². The molecule has 0 radical (unpaired) electrons. The molecule has 0 heterocycles. The zero-order chi connectivity index (χ0) is 28.8. The van der Waals surface area contributed by atoms with Gasteiger partial charge in [0.15, 0.2) is 0 Å². The van der Waals surface area contributed by atoms with Gasteiger partial charge in [0, 0.05) is 17.0 Å². The Bertz CT molecular complexity index is 1590. The highest BCUT2D eigenvalue weighted by Crippen LogP contribution is 2.42. The molecule has 1 amide bonds. The zero-order valence-electron chi connectivity index (χ0n) is 24.6. The van der Waals surface area contributed by atoms with Gasteiger partial charge in [0.1, 0.15) is 0 Å². The smallest absolute Gasteiger partial charge is 0.336 e. The minimum absolute atomic E-state index is 0.0966. The number of amides is 1. The first-order valence-electron chi connectivity index (χ1n) is 15.7. The molecule has 0 unspecified atom stereocenters. The molecular formula is C37H43NO3. The van der Waals surface area contributed by atoms with Gasteiger partial charge in [-0.25, -0.2) is 4.79 Å². The highest BCUT2D eigenvalue weighted by molar-refractivity contribution is 6.36. The molecule has 214 valence electrons. The Kier molecular flexibility index (Phi) is 9.38. The van der Waals surface area contributed by atoms with Crippen molar-refractivity contribution < 1.29 is 14.7 Å². The van der Waals surface area contributed by atoms with Crippen molar-refractivity contribution >= 4 is 55.0 Å². The van der Waals surface area contributed by atoms with Crippen molar-refractivity contribution in [2.75, 3.05) is 0 Å². The molecule has 5 aromatic carbocycles. The maximum atomic E-state index is 14.0. The Morgan fingerprint density at radius 2 is 1.12 bits per heavy atom. The molecule has 0 saturated heterocycles. The average Bonchev–Trinajstić information content (AvgIpc) is 2.98. The van der Waals surface area contributed by atoms with Gasteiger partial charge in [0.25, 0.3) is 5.91 Å². The molecule has 4 heteroatoms. The van der Waals surface area contributed by atoms with E-state index in [9.17, 15) is 14.7 Å². The number of benzene rings is 5. The number of unbranched alkanes of at least 4 members (excludes halogenated alkanes) is 8. The standard InChI is InChI=1S/C37H43NO3/c1-3-5-7-9-11-17-26(18-12-10-8-6-4-2)38-36(39)31-23-21-29-27-19-13-15-25-16-14-20-28(33(25)27)30-22-24-32(37(40)41)35(31)34(29)30/h13-16,19-24,26H,3-12,17-18H2,1-2H3,(H,38,39)(H,40,41). The normalized spacial score (nSPS) is 11.9. The summed E-state index contributed by atoms with van der Waals surface area (Å²) in [6, 6.07) is 20.1. The van der Waals surface area contributed by atoms with Crippen LogP contribution in [-0.4, -0.2) is 23.0 Å². The number of hydrogen-bond donors (Lipinski definition) is 2. The summed E-state index contributed by atoms with van der Waals surface area (Å²) < 4.78 is 0. The van der Waals surface area contributed by atoms with E-state index in [2.05, 4.69) is 43.4 Å². The lowest BCUT2D eigenvalue weighted by Gasteiger charge is -2.21. The highest BCUT2D eigenvalue weighted by Gasteiger charge is 2.23. The van der Waals surface area contributed by atoms with Crippen LogP contribution in [0.3, 0.4) is 0 Å². The number of aromatic carboxylic acids is 1. The van der Waals surface area contributed by atoms with Gasteiger partial charge >= 0.3 is 5.97 Å². The molecule has 2 N–H and O–H groups in total. The molecule has 0 saturated carbocycles. The lowest BCUT2D eigenvalue weighted by Crippen LogP contribution is -2.35. The first-order valence-corrected chi connectivity index (χ1v) is 15.7. The fourth-order valence-corrected chi connectivity index (χ4v) is 6.64. The molecule has 0 aliphatic rings. The molecule has 41 heavy (non-hydrogen) atoms. The second-order valence-corrected chi connectivity index (χ2v) is 11.7. The number of fused-ring (bicyclic) bond motifs is 2. The zero-order valence-corrected chi connectivity index (χ0v) is 24.6. The molecule has 0 aliphatic heterocycles. The van der Waals surface area contributed by atoms with Gasteiger partial charge in [0.2, 0.25) is 0 Å². The van der Waals surface area contributed by atoms with Crippen LogP contribution >= 0.6 is 0 Å². The van der Waals surface area contributed by atoms with Crippen molar-refractivity contribution in [3.8, 4) is 0 Å². The van der Waals surface area contributed by atoms with Gasteiger partial charge in [-0.1, -0.05) is 127 Å². The molecule has 0 spiro atoms. The summed E-state index contributed by atoms with van der Waals surface area (Å²) in [4.78, 5) is 26.5. The van der Waals surface area contributed by atoms with Crippen molar-refractivity contribution in [1.29, 1.82) is 0 Å². The largest absolute Gasteiger partial charge is 0.478 e. The van der Waals surface area contributed by atoms with Crippen molar-refractivity contribution in [3.63, 3.8) is 0 Å². The Morgan fingerprint density at radius 3 is 1.66 bits per heavy atom. The number of carboxylic acids is 1. The summed E-state index contributed by atoms with van der Waals surface area (Å²) in [6.07, 6.45) is 13.9. The SMILES string of the molecule is CCCCCCCC(CCCCCCC)NC(=O)c1ccc2c3cccc4cccc(c5ccc(C(=O)O)c1c52)c43. The van der Waals surface area contributed by atoms with Gasteiger partial charge < -0.3 is 10.4 Å². The van der Waals surface area contributed by atoms with E-state index in [-0.39, 0.29) is 17.5 Å². The molecule has 4 nitrogen and oxygen atoms in total. The van der Waals surface area contributed by atoms with Crippen LogP contribution in [0.25, 0.3) is 43.1 Å². The highest BCUT2D eigenvalue weighted by atomic mass is 16.4. The maximum absolute atomic E-state index is 14.0. The minimum atomic E-state index is -1.01. The molecule has 0 atom stereocenters. The van der Waals surface area contributed by atoms with Crippen LogP contribution in [0.5, 0.6) is 0 Å². The lowest BCUT2D eigenvalue weighted by atomic mass is 9.86. The van der Waals surface area contributed by atoms with Crippen LogP contribution in [0.2, 0.25) is 0 Å². The van der Waals surface area contributed by atoms with Crippen LogP contribution in [0, 0.1) is 0 Å². The molecule has 5 aromatic rings. The van der Waals surface area contributed by atoms with E-state index in [0.29, 0.717) is 10.9 Å². The predicted octanol–water partition coefficient (Wildman–Crippen LogP) is 10.3. The van der Waals surface area contributed by atoms with E-state index in [1.54, 1.807) is 6.07 Å². The number of hydrogen-bond acceptors (Lipinski definition) is 2. The molecular weight excluding hydrogens is 506 g/mol. The molecule has 5 rings (SSSR count). The van der Waals surface area contributed by atoms with Crippen molar-refractivity contribution in [1.82, 2.24) is 5.32 Å². The van der Waals surface area contributed by atoms with Gasteiger partial charge in [-0.15, -0.1) is 0 Å². The van der Waals surface area contributed by atoms with Crippen LogP contribution < -0.4 is 5.32 Å². The Balaban J connectivity index is 1.54. The third kappa shape index (κ3) is 6.02. The molecule has 0 aromatic heterocycles. The van der Waals surface area contributed by atoms with Crippen molar-refractivity contribution in [2.45, 2.75) is 96.9 Å². The summed E-state index contributed by atoms with van der Waals surface area (Å²) in [6.45, 7) is 4.45. The third-order valence-electron chi connectivity index (χ3n) is 8.77. The minimum Gasteiger partial charge on any atom is -0.478 e. The number of rotatable bonds is 15. The van der Waals surface area contributed by atoms with Gasteiger partial charge in [-0.05, 0) is 62.7 Å². The lowest BCUT2D eigenvalue weighted by molar-refractivity contribution is 0.0699. The first-order chi connectivity index (χ1) is 20.0. The third-order valence-corrected chi connectivity index (χ3v) is 8.77. The van der Waals surface area contributed by atoms with Gasteiger partial charge in [-0.2, -0.15) is 0 Å². The molecule has 0 fully saturated rings. The monoisotopic (exact) mass is 549 g/mol. The van der Waals surface area contributed by atoms with E-state index in [1.807, 2.05) is 30.3 Å². The number of carbonyl (C=O) groups is 2. The van der Waals surface area contributed by atoms with E-state index in [0.717, 1.165) is 58.0 Å². The van der Waals surface area contributed by atoms with E-state index >= 15 is 0 Å². The van der Waals surface area contributed by atoms with Gasteiger partial charge in [0.05, 0.1) is 5.56 Å². The topological polar surface area (TPSA) is 66.4 Å². The quantitative estimate of drug-likeness (QED) is 0.0775. The fraction of sp³-hybridized carbons (Fsp3) is 0.405. The summed E-state index contributed by atoms with van der Waals surface area (Å²) in [5.74, 6) is -1.18. The van der Waals surface area contributed by atoms with Crippen molar-refractivity contribution in [2.24, 2.45) is 0 Å². The molecule has 0 aliphatic carbocycles. The molecule has 0 bridgehead atoms. The van der Waals surface area contributed by atoms with Crippen molar-refractivity contribution in [3.05, 3.63) is 71.8 Å². The number of nitrogens with one attached hydrogen (secondary N) is 1. The second-order valence-electron chi connectivity index (χ2n) is 11.7.